The SMILES string of the molecule is Cc1ccc(S(=O)(=O)CNC(=O)C(c2ccccc2)C2C(=O)Nc3ccccc3NC2=O)cc1. The van der Waals surface area contributed by atoms with Crippen molar-refractivity contribution in [1.29, 1.82) is 0 Å². The highest BCUT2D eigenvalue weighted by Crippen LogP contribution is 2.32. The van der Waals surface area contributed by atoms with E-state index in [0.29, 0.717) is 16.9 Å². The molecular formula is C25H23N3O5S. The molecule has 3 aromatic carbocycles. The van der Waals surface area contributed by atoms with Crippen LogP contribution in [0, 0.1) is 12.8 Å². The van der Waals surface area contributed by atoms with E-state index in [-0.39, 0.29) is 4.90 Å². The maximum Gasteiger partial charge on any atom is 0.238 e. The van der Waals surface area contributed by atoms with E-state index in [9.17, 15) is 22.8 Å². The van der Waals surface area contributed by atoms with Crippen molar-refractivity contribution in [2.45, 2.75) is 17.7 Å². The number of anilines is 2. The summed E-state index contributed by atoms with van der Waals surface area (Å²) in [5.41, 5.74) is 2.14. The predicted molar refractivity (Wildman–Crippen MR) is 128 cm³/mol. The Hall–Kier alpha value is -3.98. The second-order valence-corrected chi connectivity index (χ2v) is 9.99. The van der Waals surface area contributed by atoms with Gasteiger partial charge in [0.2, 0.25) is 17.7 Å². The summed E-state index contributed by atoms with van der Waals surface area (Å²) in [4.78, 5) is 39.6. The number of rotatable bonds is 6. The first kappa shape index (κ1) is 23.2. The molecule has 0 bridgehead atoms. The molecule has 1 aliphatic heterocycles. The first-order valence-corrected chi connectivity index (χ1v) is 12.2. The number of fused-ring (bicyclic) bond motifs is 1. The molecule has 1 unspecified atom stereocenters. The lowest BCUT2D eigenvalue weighted by Crippen LogP contribution is -2.44. The Labute approximate surface area is 197 Å². The summed E-state index contributed by atoms with van der Waals surface area (Å²) >= 11 is 0. The first-order chi connectivity index (χ1) is 16.3. The third-order valence-electron chi connectivity index (χ3n) is 5.60. The molecule has 9 heteroatoms. The molecule has 0 fully saturated rings. The fourth-order valence-corrected chi connectivity index (χ4v) is 4.85. The van der Waals surface area contributed by atoms with Gasteiger partial charge < -0.3 is 16.0 Å². The Balaban J connectivity index is 1.63. The third-order valence-corrected chi connectivity index (χ3v) is 7.11. The lowest BCUT2D eigenvalue weighted by atomic mass is 9.84. The van der Waals surface area contributed by atoms with Gasteiger partial charge in [0.25, 0.3) is 0 Å². The van der Waals surface area contributed by atoms with Crippen molar-refractivity contribution in [2.24, 2.45) is 5.92 Å². The molecule has 1 heterocycles. The van der Waals surface area contributed by atoms with E-state index in [1.165, 1.54) is 12.1 Å². The third kappa shape index (κ3) is 4.84. The van der Waals surface area contributed by atoms with Gasteiger partial charge in [-0.05, 0) is 36.8 Å². The molecule has 34 heavy (non-hydrogen) atoms. The standard InChI is InChI=1S/C25H23N3O5S/c1-16-11-13-18(14-12-16)34(32,33)15-26-23(29)21(17-7-3-2-4-8-17)22-24(30)27-19-9-5-6-10-20(19)28-25(22)31/h2-14,21-22H,15H2,1H3,(H,26,29)(H,27,30)(H,28,31). The zero-order chi connectivity index (χ0) is 24.3. The smallest absolute Gasteiger partial charge is 0.238 e. The molecule has 1 atom stereocenters. The van der Waals surface area contributed by atoms with Crippen LogP contribution in [-0.2, 0) is 24.2 Å². The summed E-state index contributed by atoms with van der Waals surface area (Å²) in [5.74, 6) is -5.40. The van der Waals surface area contributed by atoms with Crippen molar-refractivity contribution < 1.29 is 22.8 Å². The van der Waals surface area contributed by atoms with Crippen LogP contribution in [0.15, 0.2) is 83.8 Å². The van der Waals surface area contributed by atoms with Crippen molar-refractivity contribution in [1.82, 2.24) is 5.32 Å². The number of sulfone groups is 1. The van der Waals surface area contributed by atoms with E-state index in [0.717, 1.165) is 5.56 Å². The van der Waals surface area contributed by atoms with Gasteiger partial charge in [-0.3, -0.25) is 14.4 Å². The number of nitrogens with one attached hydrogen (secondary N) is 3. The molecule has 3 N–H and O–H groups in total. The number of hydrogen-bond donors (Lipinski definition) is 3. The number of carbonyl (C=O) groups is 3. The van der Waals surface area contributed by atoms with Crippen LogP contribution >= 0.6 is 0 Å². The Morgan fingerprint density at radius 3 is 1.94 bits per heavy atom. The van der Waals surface area contributed by atoms with Crippen molar-refractivity contribution >= 4 is 38.9 Å². The van der Waals surface area contributed by atoms with Crippen molar-refractivity contribution in [3.05, 3.63) is 90.0 Å². The fourth-order valence-electron chi connectivity index (χ4n) is 3.80. The number of para-hydroxylation sites is 2. The van der Waals surface area contributed by atoms with Crippen LogP contribution in [0.4, 0.5) is 11.4 Å². The van der Waals surface area contributed by atoms with Gasteiger partial charge in [-0.1, -0.05) is 60.2 Å². The highest BCUT2D eigenvalue weighted by atomic mass is 32.2. The maximum atomic E-state index is 13.3. The van der Waals surface area contributed by atoms with Gasteiger partial charge in [-0.15, -0.1) is 0 Å². The Bertz CT molecular complexity index is 1300. The number of amides is 3. The minimum atomic E-state index is -3.83. The molecule has 3 amide bonds. The summed E-state index contributed by atoms with van der Waals surface area (Å²) in [6, 6.07) is 21.3. The second-order valence-electron chi connectivity index (χ2n) is 8.00. The molecule has 0 saturated carbocycles. The molecule has 0 aliphatic carbocycles. The quantitative estimate of drug-likeness (QED) is 0.472. The van der Waals surface area contributed by atoms with Gasteiger partial charge in [0, 0.05) is 0 Å². The van der Waals surface area contributed by atoms with Gasteiger partial charge >= 0.3 is 0 Å². The summed E-state index contributed by atoms with van der Waals surface area (Å²) < 4.78 is 25.5. The van der Waals surface area contributed by atoms with Crippen LogP contribution in [0.25, 0.3) is 0 Å². The zero-order valence-corrected chi connectivity index (χ0v) is 19.1. The average Bonchev–Trinajstić information content (AvgIpc) is 2.94. The zero-order valence-electron chi connectivity index (χ0n) is 18.3. The molecule has 174 valence electrons. The normalized spacial score (nSPS) is 14.9. The van der Waals surface area contributed by atoms with Crippen LogP contribution in [-0.4, -0.2) is 32.0 Å². The number of aryl methyl sites for hydroxylation is 1. The van der Waals surface area contributed by atoms with Crippen LogP contribution < -0.4 is 16.0 Å². The van der Waals surface area contributed by atoms with Crippen LogP contribution in [0.1, 0.15) is 17.0 Å². The summed E-state index contributed by atoms with van der Waals surface area (Å²) in [6.07, 6.45) is 0. The van der Waals surface area contributed by atoms with Crippen molar-refractivity contribution in [2.75, 3.05) is 16.5 Å². The van der Waals surface area contributed by atoms with E-state index < -0.39 is 45.3 Å². The monoisotopic (exact) mass is 477 g/mol. The van der Waals surface area contributed by atoms with Crippen molar-refractivity contribution in [3.8, 4) is 0 Å². The minimum absolute atomic E-state index is 0.0649. The Kier molecular flexibility index (Phi) is 6.47. The summed E-state index contributed by atoms with van der Waals surface area (Å²) in [6.45, 7) is 1.84. The largest absolute Gasteiger partial charge is 0.341 e. The fraction of sp³-hybridized carbons (Fsp3) is 0.160. The van der Waals surface area contributed by atoms with Gasteiger partial charge in [-0.2, -0.15) is 0 Å². The molecule has 0 aromatic heterocycles. The van der Waals surface area contributed by atoms with Gasteiger partial charge in [0.15, 0.2) is 9.84 Å². The van der Waals surface area contributed by atoms with E-state index in [1.54, 1.807) is 66.7 Å². The molecule has 3 aromatic rings. The molecular weight excluding hydrogens is 454 g/mol. The second kappa shape index (κ2) is 9.48. The van der Waals surface area contributed by atoms with Crippen LogP contribution in [0.2, 0.25) is 0 Å². The number of benzene rings is 3. The van der Waals surface area contributed by atoms with E-state index in [4.69, 9.17) is 0 Å². The highest BCUT2D eigenvalue weighted by Gasteiger charge is 2.42. The molecule has 0 spiro atoms. The molecule has 0 saturated heterocycles. The molecule has 4 rings (SSSR count). The number of hydrogen-bond acceptors (Lipinski definition) is 5. The highest BCUT2D eigenvalue weighted by molar-refractivity contribution is 7.91. The van der Waals surface area contributed by atoms with E-state index in [2.05, 4.69) is 16.0 Å². The summed E-state index contributed by atoms with van der Waals surface area (Å²) in [5, 5.41) is 7.81. The van der Waals surface area contributed by atoms with Gasteiger partial charge in [0.1, 0.15) is 11.8 Å². The van der Waals surface area contributed by atoms with Gasteiger partial charge in [0.05, 0.1) is 22.2 Å². The summed E-state index contributed by atoms with van der Waals surface area (Å²) in [7, 11) is -3.83. The van der Waals surface area contributed by atoms with Gasteiger partial charge in [-0.25, -0.2) is 8.42 Å². The number of carbonyl (C=O) groups excluding carboxylic acids is 3. The lowest BCUT2D eigenvalue weighted by Gasteiger charge is -2.23. The van der Waals surface area contributed by atoms with Crippen LogP contribution in [0.3, 0.4) is 0 Å². The average molecular weight is 478 g/mol. The van der Waals surface area contributed by atoms with Crippen LogP contribution in [0.5, 0.6) is 0 Å². The minimum Gasteiger partial charge on any atom is -0.341 e. The maximum absolute atomic E-state index is 13.3. The topological polar surface area (TPSA) is 121 Å². The van der Waals surface area contributed by atoms with Crippen molar-refractivity contribution in [3.63, 3.8) is 0 Å². The Morgan fingerprint density at radius 2 is 1.38 bits per heavy atom. The van der Waals surface area contributed by atoms with E-state index in [1.807, 2.05) is 6.92 Å². The molecule has 8 nitrogen and oxygen atoms in total. The molecule has 1 aliphatic rings. The predicted octanol–water partition coefficient (Wildman–Crippen LogP) is 2.83. The molecule has 0 radical (unpaired) electrons. The van der Waals surface area contributed by atoms with E-state index >= 15 is 0 Å². The first-order valence-electron chi connectivity index (χ1n) is 10.6. The Morgan fingerprint density at radius 1 is 0.853 bits per heavy atom. The lowest BCUT2D eigenvalue weighted by molar-refractivity contribution is -0.135.